The summed E-state index contributed by atoms with van der Waals surface area (Å²) in [6.07, 6.45) is 9.27. The molecule has 4 aromatic rings. The molecule has 0 aliphatic rings. The number of ketones is 1. The smallest absolute Gasteiger partial charge is 0.263 e. The highest BCUT2D eigenvalue weighted by Crippen LogP contribution is 2.31. The van der Waals surface area contributed by atoms with E-state index in [1.807, 2.05) is 44.4 Å². The Labute approximate surface area is 228 Å². The zero-order chi connectivity index (χ0) is 27.6. The predicted molar refractivity (Wildman–Crippen MR) is 148 cm³/mol. The minimum Gasteiger partial charge on any atom is -0.480 e. The molecule has 39 heavy (non-hydrogen) atoms. The molecular formula is C29H36N6O4. The van der Waals surface area contributed by atoms with Crippen molar-refractivity contribution >= 4 is 22.6 Å². The van der Waals surface area contributed by atoms with Gasteiger partial charge >= 0.3 is 0 Å². The van der Waals surface area contributed by atoms with E-state index in [1.165, 1.54) is 12.5 Å². The van der Waals surface area contributed by atoms with Crippen LogP contribution in [-0.2, 0) is 4.79 Å². The number of oxazole rings is 1. The van der Waals surface area contributed by atoms with Crippen LogP contribution in [0, 0.1) is 0 Å². The highest BCUT2D eigenvalue weighted by Gasteiger charge is 2.20. The van der Waals surface area contributed by atoms with Crippen molar-refractivity contribution < 1.29 is 18.7 Å². The van der Waals surface area contributed by atoms with E-state index in [4.69, 9.17) is 9.15 Å². The van der Waals surface area contributed by atoms with Crippen LogP contribution >= 0.6 is 0 Å². The summed E-state index contributed by atoms with van der Waals surface area (Å²) in [5.74, 6) is 1.23. The van der Waals surface area contributed by atoms with Gasteiger partial charge in [-0.2, -0.15) is 0 Å². The number of pyridine rings is 1. The van der Waals surface area contributed by atoms with Crippen LogP contribution in [0.1, 0.15) is 67.5 Å². The quantitative estimate of drug-likeness (QED) is 0.163. The molecule has 0 aliphatic carbocycles. The molecule has 4 rings (SSSR count). The molecule has 3 aromatic heterocycles. The number of aromatic amines is 1. The number of rotatable bonds is 15. The fourth-order valence-electron chi connectivity index (χ4n) is 4.48. The second-order valence-corrected chi connectivity index (χ2v) is 9.81. The summed E-state index contributed by atoms with van der Waals surface area (Å²) in [5, 5.41) is 4.16. The predicted octanol–water partition coefficient (Wildman–Crippen LogP) is 4.95. The van der Waals surface area contributed by atoms with Gasteiger partial charge in [0.2, 0.25) is 17.6 Å². The fraction of sp³-hybridized carbons (Fsp3) is 0.414. The van der Waals surface area contributed by atoms with Crippen molar-refractivity contribution in [3.05, 3.63) is 60.7 Å². The van der Waals surface area contributed by atoms with E-state index in [-0.39, 0.29) is 23.6 Å². The molecule has 10 heteroatoms. The van der Waals surface area contributed by atoms with Crippen LogP contribution in [-0.4, -0.2) is 64.3 Å². The number of aromatic nitrogens is 4. The minimum absolute atomic E-state index is 0.0103. The SMILES string of the molecule is COc1nc2ccccc2cc1-c1cnc([C@H](CCCCCC(=O)c2ncco2)NC(=O)CCCN(C)C)[nH]1. The van der Waals surface area contributed by atoms with Crippen LogP contribution in [0.4, 0.5) is 0 Å². The van der Waals surface area contributed by atoms with Crippen LogP contribution in [0.2, 0.25) is 0 Å². The Balaban J connectivity index is 1.44. The number of amides is 1. The van der Waals surface area contributed by atoms with Crippen molar-refractivity contribution in [2.75, 3.05) is 27.7 Å². The number of carbonyl (C=O) groups excluding carboxylic acids is 2. The number of Topliss-reactive ketones (excluding diaryl/α,β-unsaturated/α-hetero) is 1. The lowest BCUT2D eigenvalue weighted by Crippen LogP contribution is -2.30. The number of nitrogens with one attached hydrogen (secondary N) is 2. The van der Waals surface area contributed by atoms with E-state index in [0.717, 1.165) is 48.0 Å². The van der Waals surface area contributed by atoms with E-state index in [1.54, 1.807) is 13.3 Å². The highest BCUT2D eigenvalue weighted by molar-refractivity contribution is 5.91. The lowest BCUT2D eigenvalue weighted by molar-refractivity contribution is -0.122. The van der Waals surface area contributed by atoms with E-state index in [0.29, 0.717) is 37.4 Å². The van der Waals surface area contributed by atoms with Gasteiger partial charge in [-0.3, -0.25) is 9.59 Å². The zero-order valence-electron chi connectivity index (χ0n) is 22.8. The van der Waals surface area contributed by atoms with Gasteiger partial charge < -0.3 is 24.4 Å². The Morgan fingerprint density at radius 1 is 1.10 bits per heavy atom. The monoisotopic (exact) mass is 532 g/mol. The Bertz CT molecular complexity index is 1370. The molecule has 1 aromatic carbocycles. The average molecular weight is 533 g/mol. The van der Waals surface area contributed by atoms with Crippen LogP contribution in [0.15, 0.2) is 53.4 Å². The van der Waals surface area contributed by atoms with Gasteiger partial charge in [-0.25, -0.2) is 15.0 Å². The number of ether oxygens (including phenoxy) is 1. The summed E-state index contributed by atoms with van der Waals surface area (Å²) in [4.78, 5) is 43.6. The molecule has 10 nitrogen and oxygen atoms in total. The Morgan fingerprint density at radius 2 is 1.95 bits per heavy atom. The summed E-state index contributed by atoms with van der Waals surface area (Å²) < 4.78 is 10.7. The lowest BCUT2D eigenvalue weighted by Gasteiger charge is -2.17. The molecule has 2 N–H and O–H groups in total. The summed E-state index contributed by atoms with van der Waals surface area (Å²) in [6.45, 7) is 0.844. The van der Waals surface area contributed by atoms with E-state index < -0.39 is 0 Å². The molecule has 0 spiro atoms. The standard InChI is InChI=1S/C29H36N6O4/c1-35(2)16-9-14-26(37)32-23(12-5-4-6-13-25(36)29-30-15-17-39-29)27-31-19-24(33-27)21-18-20-10-7-8-11-22(20)34-28(21)38-3/h7-8,10-11,15,17-19,23H,4-6,9,12-14,16H2,1-3H3,(H,31,33)(H,32,37)/t23-/m0/s1. The maximum atomic E-state index is 12.8. The topological polar surface area (TPSA) is 126 Å². The van der Waals surface area contributed by atoms with Gasteiger partial charge in [0.15, 0.2) is 0 Å². The zero-order valence-corrected chi connectivity index (χ0v) is 22.8. The third-order valence-electron chi connectivity index (χ3n) is 6.51. The Hall–Kier alpha value is -4.05. The average Bonchev–Trinajstić information content (AvgIpc) is 3.64. The molecule has 0 aliphatic heterocycles. The Kier molecular flexibility index (Phi) is 9.80. The first-order valence-electron chi connectivity index (χ1n) is 13.3. The summed E-state index contributed by atoms with van der Waals surface area (Å²) in [5.41, 5.74) is 2.42. The number of hydrogen-bond donors (Lipinski definition) is 2. The number of nitrogens with zero attached hydrogens (tertiary/aromatic N) is 4. The van der Waals surface area contributed by atoms with Crippen molar-refractivity contribution in [2.24, 2.45) is 0 Å². The number of hydrogen-bond acceptors (Lipinski definition) is 8. The highest BCUT2D eigenvalue weighted by atomic mass is 16.5. The lowest BCUT2D eigenvalue weighted by atomic mass is 10.0. The third-order valence-corrected chi connectivity index (χ3v) is 6.51. The molecule has 206 valence electrons. The number of carbonyl (C=O) groups is 2. The molecular weight excluding hydrogens is 496 g/mol. The summed E-state index contributed by atoms with van der Waals surface area (Å²) in [6, 6.07) is 9.61. The summed E-state index contributed by atoms with van der Waals surface area (Å²) >= 11 is 0. The number of para-hydroxylation sites is 1. The largest absolute Gasteiger partial charge is 0.480 e. The van der Waals surface area contributed by atoms with Gasteiger partial charge in [-0.15, -0.1) is 0 Å². The maximum Gasteiger partial charge on any atom is 0.263 e. The van der Waals surface area contributed by atoms with Crippen LogP contribution in [0.3, 0.4) is 0 Å². The Morgan fingerprint density at radius 3 is 2.72 bits per heavy atom. The fourth-order valence-corrected chi connectivity index (χ4v) is 4.48. The van der Waals surface area contributed by atoms with Gasteiger partial charge in [0.1, 0.15) is 12.1 Å². The van der Waals surface area contributed by atoms with Crippen LogP contribution < -0.4 is 10.1 Å². The van der Waals surface area contributed by atoms with Crippen LogP contribution in [0.5, 0.6) is 5.88 Å². The number of fused-ring (bicyclic) bond motifs is 1. The number of imidazole rings is 1. The first kappa shape index (κ1) is 28.0. The van der Waals surface area contributed by atoms with Gasteiger partial charge in [0.25, 0.3) is 5.89 Å². The molecule has 0 bridgehead atoms. The van der Waals surface area contributed by atoms with Gasteiger partial charge in [0.05, 0.1) is 42.3 Å². The third kappa shape index (κ3) is 7.73. The molecule has 0 fully saturated rings. The second kappa shape index (κ2) is 13.7. The summed E-state index contributed by atoms with van der Waals surface area (Å²) in [7, 11) is 5.59. The van der Waals surface area contributed by atoms with Crippen molar-refractivity contribution in [3.63, 3.8) is 0 Å². The van der Waals surface area contributed by atoms with Crippen molar-refractivity contribution in [1.82, 2.24) is 30.2 Å². The molecule has 0 saturated carbocycles. The van der Waals surface area contributed by atoms with Gasteiger partial charge in [0, 0.05) is 18.2 Å². The normalized spacial score (nSPS) is 12.1. The molecule has 3 heterocycles. The molecule has 1 amide bonds. The first-order chi connectivity index (χ1) is 18.9. The van der Waals surface area contributed by atoms with Gasteiger partial charge in [-0.05, 0) is 52.0 Å². The number of H-pyrrole nitrogens is 1. The van der Waals surface area contributed by atoms with Crippen molar-refractivity contribution in [2.45, 2.75) is 51.0 Å². The second-order valence-electron chi connectivity index (χ2n) is 9.81. The van der Waals surface area contributed by atoms with E-state index >= 15 is 0 Å². The van der Waals surface area contributed by atoms with E-state index in [9.17, 15) is 9.59 Å². The number of benzene rings is 1. The van der Waals surface area contributed by atoms with Gasteiger partial charge in [-0.1, -0.05) is 31.0 Å². The molecule has 0 saturated heterocycles. The minimum atomic E-state index is -0.285. The molecule has 1 atom stereocenters. The number of methoxy groups -OCH3 is 1. The first-order valence-corrected chi connectivity index (χ1v) is 13.3. The number of unbranched alkanes of at least 4 members (excludes halogenated alkanes) is 2. The maximum absolute atomic E-state index is 12.8. The molecule has 0 radical (unpaired) electrons. The molecule has 0 unspecified atom stereocenters. The van der Waals surface area contributed by atoms with Crippen LogP contribution in [0.25, 0.3) is 22.2 Å². The van der Waals surface area contributed by atoms with Crippen molar-refractivity contribution in [1.29, 1.82) is 0 Å². The van der Waals surface area contributed by atoms with E-state index in [2.05, 4.69) is 30.2 Å². The van der Waals surface area contributed by atoms with Crippen molar-refractivity contribution in [3.8, 4) is 17.1 Å².